The number of anilines is 1. The summed E-state index contributed by atoms with van der Waals surface area (Å²) in [6.07, 6.45) is 2.47. The maximum atomic E-state index is 5.77. The number of hydrogen-bond acceptors (Lipinski definition) is 3. The molecule has 2 rings (SSSR count). The van der Waals surface area contributed by atoms with Crippen molar-refractivity contribution in [1.29, 1.82) is 0 Å². The highest BCUT2D eigenvalue weighted by molar-refractivity contribution is 5.85. The first-order valence-corrected chi connectivity index (χ1v) is 6.05. The number of nitrogens with two attached hydrogens (primary N) is 2. The Morgan fingerprint density at radius 2 is 1.83 bits per heavy atom. The number of hydrogen-bond donors (Lipinski definition) is 2. The molecule has 0 spiro atoms. The summed E-state index contributed by atoms with van der Waals surface area (Å²) < 4.78 is 0. The number of halogens is 2. The molecule has 4 N–H and O–H groups in total. The summed E-state index contributed by atoms with van der Waals surface area (Å²) in [4.78, 5) is 2.49. The molecule has 0 atom stereocenters. The highest BCUT2D eigenvalue weighted by Crippen LogP contribution is 2.18. The van der Waals surface area contributed by atoms with Crippen molar-refractivity contribution in [3.8, 4) is 0 Å². The minimum Gasteiger partial charge on any atom is -0.399 e. The van der Waals surface area contributed by atoms with Crippen LogP contribution in [-0.4, -0.2) is 24.5 Å². The fourth-order valence-electron chi connectivity index (χ4n) is 2.33. The predicted octanol–water partition coefficient (Wildman–Crippen LogP) is 2.28. The Morgan fingerprint density at radius 1 is 1.17 bits per heavy atom. The number of piperidine rings is 1. The van der Waals surface area contributed by atoms with Crippen LogP contribution >= 0.6 is 24.8 Å². The lowest BCUT2D eigenvalue weighted by Gasteiger charge is -2.31. The maximum Gasteiger partial charge on any atom is 0.0317 e. The van der Waals surface area contributed by atoms with Gasteiger partial charge in [0.25, 0.3) is 0 Å². The smallest absolute Gasteiger partial charge is 0.0317 e. The largest absolute Gasteiger partial charge is 0.399 e. The summed E-state index contributed by atoms with van der Waals surface area (Å²) in [7, 11) is 0. The first-order chi connectivity index (χ1) is 7.78. The lowest BCUT2D eigenvalue weighted by molar-refractivity contribution is 0.180. The lowest BCUT2D eigenvalue weighted by atomic mass is 9.97. The van der Waals surface area contributed by atoms with Gasteiger partial charge in [-0.25, -0.2) is 0 Å². The topological polar surface area (TPSA) is 55.3 Å². The van der Waals surface area contributed by atoms with Crippen LogP contribution in [0.25, 0.3) is 0 Å². The molecule has 1 aliphatic rings. The summed E-state index contributed by atoms with van der Waals surface area (Å²) in [5, 5.41) is 0. The SMILES string of the molecule is Cl.Cl.NCC1CCN(Cc2cccc(N)c2)CC1. The average molecular weight is 292 g/mol. The standard InChI is InChI=1S/C13H21N3.2ClH/c14-9-11-4-6-16(7-5-11)10-12-2-1-3-13(15)8-12;;/h1-3,8,11H,4-7,9-10,14-15H2;2*1H. The molecule has 0 radical (unpaired) electrons. The van der Waals surface area contributed by atoms with E-state index in [1.165, 1.54) is 18.4 Å². The van der Waals surface area contributed by atoms with Crippen molar-refractivity contribution in [3.63, 3.8) is 0 Å². The molecule has 1 aromatic rings. The second-order valence-electron chi connectivity index (χ2n) is 4.70. The zero-order valence-corrected chi connectivity index (χ0v) is 12.2. The Labute approximate surface area is 122 Å². The van der Waals surface area contributed by atoms with Crippen molar-refractivity contribution < 1.29 is 0 Å². The first-order valence-electron chi connectivity index (χ1n) is 6.05. The molecule has 0 saturated carbocycles. The minimum atomic E-state index is 0. The van der Waals surface area contributed by atoms with E-state index < -0.39 is 0 Å². The van der Waals surface area contributed by atoms with Gasteiger partial charge in [0.15, 0.2) is 0 Å². The molecule has 0 amide bonds. The van der Waals surface area contributed by atoms with Crippen LogP contribution in [0.2, 0.25) is 0 Å². The monoisotopic (exact) mass is 291 g/mol. The molecule has 1 saturated heterocycles. The van der Waals surface area contributed by atoms with Crippen LogP contribution in [0, 0.1) is 5.92 Å². The van der Waals surface area contributed by atoms with Crippen molar-refractivity contribution in [1.82, 2.24) is 4.90 Å². The van der Waals surface area contributed by atoms with E-state index in [2.05, 4.69) is 17.0 Å². The van der Waals surface area contributed by atoms with E-state index in [1.54, 1.807) is 0 Å². The van der Waals surface area contributed by atoms with Crippen molar-refractivity contribution >= 4 is 30.5 Å². The van der Waals surface area contributed by atoms with Gasteiger partial charge in [0.1, 0.15) is 0 Å². The Morgan fingerprint density at radius 3 is 2.39 bits per heavy atom. The number of benzene rings is 1. The zero-order valence-electron chi connectivity index (χ0n) is 10.5. The molecule has 1 heterocycles. The number of nitrogens with zero attached hydrogens (tertiary/aromatic N) is 1. The molecule has 1 aromatic carbocycles. The molecule has 18 heavy (non-hydrogen) atoms. The molecule has 0 unspecified atom stereocenters. The molecular weight excluding hydrogens is 269 g/mol. The third-order valence-electron chi connectivity index (χ3n) is 3.40. The third kappa shape index (κ3) is 5.02. The van der Waals surface area contributed by atoms with Gasteiger partial charge in [-0.1, -0.05) is 12.1 Å². The van der Waals surface area contributed by atoms with Gasteiger partial charge in [0, 0.05) is 12.2 Å². The van der Waals surface area contributed by atoms with E-state index in [1.807, 2.05) is 12.1 Å². The molecule has 3 nitrogen and oxygen atoms in total. The molecule has 1 fully saturated rings. The summed E-state index contributed by atoms with van der Waals surface area (Å²) in [6.45, 7) is 4.18. The van der Waals surface area contributed by atoms with Gasteiger partial charge in [-0.15, -0.1) is 24.8 Å². The lowest BCUT2D eigenvalue weighted by Crippen LogP contribution is -2.35. The van der Waals surface area contributed by atoms with Crippen LogP contribution in [-0.2, 0) is 6.54 Å². The molecule has 104 valence electrons. The quantitative estimate of drug-likeness (QED) is 0.840. The average Bonchev–Trinajstić information content (AvgIpc) is 2.30. The number of rotatable bonds is 3. The molecule has 5 heteroatoms. The van der Waals surface area contributed by atoms with Crippen LogP contribution in [0.15, 0.2) is 24.3 Å². The fourth-order valence-corrected chi connectivity index (χ4v) is 2.33. The summed E-state index contributed by atoms with van der Waals surface area (Å²) in [5.41, 5.74) is 13.6. The van der Waals surface area contributed by atoms with E-state index in [-0.39, 0.29) is 24.8 Å². The van der Waals surface area contributed by atoms with Gasteiger partial charge in [-0.3, -0.25) is 4.90 Å². The van der Waals surface area contributed by atoms with Crippen molar-refractivity contribution in [2.45, 2.75) is 19.4 Å². The van der Waals surface area contributed by atoms with E-state index in [0.717, 1.165) is 37.8 Å². The molecule has 0 aliphatic carbocycles. The fraction of sp³-hybridized carbons (Fsp3) is 0.538. The van der Waals surface area contributed by atoms with Gasteiger partial charge in [-0.2, -0.15) is 0 Å². The van der Waals surface area contributed by atoms with E-state index in [9.17, 15) is 0 Å². The Balaban J connectivity index is 0.00000144. The summed E-state index contributed by atoms with van der Waals surface area (Å²) >= 11 is 0. The van der Waals surface area contributed by atoms with Gasteiger partial charge < -0.3 is 11.5 Å². The predicted molar refractivity (Wildman–Crippen MR) is 82.4 cm³/mol. The zero-order chi connectivity index (χ0) is 11.4. The third-order valence-corrected chi connectivity index (χ3v) is 3.40. The van der Waals surface area contributed by atoms with E-state index >= 15 is 0 Å². The van der Waals surface area contributed by atoms with Crippen LogP contribution in [0.3, 0.4) is 0 Å². The van der Waals surface area contributed by atoms with Gasteiger partial charge in [0.2, 0.25) is 0 Å². The molecule has 1 aliphatic heterocycles. The van der Waals surface area contributed by atoms with Crippen LogP contribution < -0.4 is 11.5 Å². The Bertz CT molecular complexity index is 339. The van der Waals surface area contributed by atoms with Crippen molar-refractivity contribution in [2.75, 3.05) is 25.4 Å². The van der Waals surface area contributed by atoms with E-state index in [4.69, 9.17) is 11.5 Å². The van der Waals surface area contributed by atoms with Crippen LogP contribution in [0.4, 0.5) is 5.69 Å². The number of likely N-dealkylation sites (tertiary alicyclic amines) is 1. The molecule has 0 aromatic heterocycles. The van der Waals surface area contributed by atoms with Gasteiger partial charge in [-0.05, 0) is 56.1 Å². The summed E-state index contributed by atoms with van der Waals surface area (Å²) in [6, 6.07) is 8.17. The Hall–Kier alpha value is -0.480. The first kappa shape index (κ1) is 17.5. The van der Waals surface area contributed by atoms with Crippen LogP contribution in [0.1, 0.15) is 18.4 Å². The van der Waals surface area contributed by atoms with Crippen LogP contribution in [0.5, 0.6) is 0 Å². The highest BCUT2D eigenvalue weighted by Gasteiger charge is 2.17. The van der Waals surface area contributed by atoms with E-state index in [0.29, 0.717) is 0 Å². The second kappa shape index (κ2) is 8.59. The Kier molecular flexibility index (Phi) is 8.36. The highest BCUT2D eigenvalue weighted by atomic mass is 35.5. The number of nitrogen functional groups attached to an aromatic ring is 1. The molecular formula is C13H23Cl2N3. The van der Waals surface area contributed by atoms with Crippen molar-refractivity contribution in [2.24, 2.45) is 11.7 Å². The second-order valence-corrected chi connectivity index (χ2v) is 4.70. The maximum absolute atomic E-state index is 5.77. The van der Waals surface area contributed by atoms with Gasteiger partial charge in [0.05, 0.1) is 0 Å². The molecule has 0 bridgehead atoms. The summed E-state index contributed by atoms with van der Waals surface area (Å²) in [5.74, 6) is 0.733. The van der Waals surface area contributed by atoms with Gasteiger partial charge >= 0.3 is 0 Å². The normalized spacial score (nSPS) is 16.7. The minimum absolute atomic E-state index is 0. The van der Waals surface area contributed by atoms with Crippen molar-refractivity contribution in [3.05, 3.63) is 29.8 Å².